The molecular formula is C19H15F3N6O2. The number of anilines is 1. The van der Waals surface area contributed by atoms with E-state index in [1.165, 1.54) is 6.20 Å². The first-order chi connectivity index (χ1) is 14.3. The Labute approximate surface area is 168 Å². The van der Waals surface area contributed by atoms with Crippen LogP contribution in [-0.2, 0) is 19.8 Å². The highest BCUT2D eigenvalue weighted by Crippen LogP contribution is 2.30. The molecule has 8 nitrogen and oxygen atoms in total. The molecule has 4 aromatic rings. The second-order valence-corrected chi connectivity index (χ2v) is 6.35. The maximum Gasteiger partial charge on any atom is 0.417 e. The van der Waals surface area contributed by atoms with Gasteiger partial charge in [0.1, 0.15) is 6.61 Å². The SMILES string of the molecule is Cn1ncc(-c2nc(-c3cccc(N)c3)no2)c1COc1ccc(C(F)(F)F)cn1. The lowest BCUT2D eigenvalue weighted by Crippen LogP contribution is -2.07. The monoisotopic (exact) mass is 416 g/mol. The lowest BCUT2D eigenvalue weighted by atomic mass is 10.2. The second-order valence-electron chi connectivity index (χ2n) is 6.35. The number of pyridine rings is 1. The van der Waals surface area contributed by atoms with Crippen molar-refractivity contribution in [2.24, 2.45) is 7.05 Å². The maximum absolute atomic E-state index is 12.6. The Morgan fingerprint density at radius 3 is 2.70 bits per heavy atom. The molecule has 3 aromatic heterocycles. The predicted octanol–water partition coefficient (Wildman–Crippen LogP) is 3.71. The Morgan fingerprint density at radius 1 is 1.17 bits per heavy atom. The Morgan fingerprint density at radius 2 is 2.00 bits per heavy atom. The average Bonchev–Trinajstić information content (AvgIpc) is 3.33. The summed E-state index contributed by atoms with van der Waals surface area (Å²) in [5.74, 6) is 0.623. The van der Waals surface area contributed by atoms with Crippen LogP contribution in [0.1, 0.15) is 11.3 Å². The number of aryl methyl sites for hydroxylation is 1. The molecule has 0 amide bonds. The smallest absolute Gasteiger partial charge is 0.417 e. The molecule has 0 aliphatic carbocycles. The highest BCUT2D eigenvalue weighted by atomic mass is 19.4. The van der Waals surface area contributed by atoms with E-state index in [1.807, 2.05) is 0 Å². The summed E-state index contributed by atoms with van der Waals surface area (Å²) in [5, 5.41) is 8.13. The summed E-state index contributed by atoms with van der Waals surface area (Å²) < 4.78 is 50.4. The third-order valence-corrected chi connectivity index (χ3v) is 4.28. The van der Waals surface area contributed by atoms with Gasteiger partial charge >= 0.3 is 6.18 Å². The second kappa shape index (κ2) is 7.50. The quantitative estimate of drug-likeness (QED) is 0.495. The summed E-state index contributed by atoms with van der Waals surface area (Å²) >= 11 is 0. The fraction of sp³-hybridized carbons (Fsp3) is 0.158. The van der Waals surface area contributed by atoms with Crippen LogP contribution in [0.5, 0.6) is 5.88 Å². The fourth-order valence-electron chi connectivity index (χ4n) is 2.72. The Balaban J connectivity index is 1.54. The highest BCUT2D eigenvalue weighted by Gasteiger charge is 2.30. The number of nitrogen functional groups attached to an aromatic ring is 1. The molecule has 154 valence electrons. The van der Waals surface area contributed by atoms with Crippen molar-refractivity contribution in [3.63, 3.8) is 0 Å². The van der Waals surface area contributed by atoms with Crippen molar-refractivity contribution in [2.75, 3.05) is 5.73 Å². The number of halogens is 3. The minimum absolute atomic E-state index is 0.0137. The number of ether oxygens (including phenoxy) is 1. The number of rotatable bonds is 5. The molecule has 0 saturated heterocycles. The van der Waals surface area contributed by atoms with Gasteiger partial charge < -0.3 is 15.0 Å². The lowest BCUT2D eigenvalue weighted by Gasteiger charge is -2.09. The molecule has 1 aromatic carbocycles. The summed E-state index contributed by atoms with van der Waals surface area (Å²) in [6.45, 7) is -0.0137. The van der Waals surface area contributed by atoms with Gasteiger partial charge in [-0.15, -0.1) is 0 Å². The molecule has 2 N–H and O–H groups in total. The van der Waals surface area contributed by atoms with Gasteiger partial charge in [0.2, 0.25) is 11.7 Å². The summed E-state index contributed by atoms with van der Waals surface area (Å²) in [7, 11) is 1.69. The van der Waals surface area contributed by atoms with E-state index in [-0.39, 0.29) is 18.4 Å². The highest BCUT2D eigenvalue weighted by molar-refractivity contribution is 5.63. The molecule has 30 heavy (non-hydrogen) atoms. The molecule has 0 spiro atoms. The topological polar surface area (TPSA) is 105 Å². The molecule has 0 radical (unpaired) electrons. The van der Waals surface area contributed by atoms with Crippen LogP contribution in [-0.4, -0.2) is 24.9 Å². The van der Waals surface area contributed by atoms with Crippen molar-refractivity contribution in [2.45, 2.75) is 12.8 Å². The van der Waals surface area contributed by atoms with E-state index < -0.39 is 11.7 Å². The van der Waals surface area contributed by atoms with E-state index in [4.69, 9.17) is 15.0 Å². The third-order valence-electron chi connectivity index (χ3n) is 4.28. The van der Waals surface area contributed by atoms with Gasteiger partial charge in [-0.2, -0.15) is 23.3 Å². The van der Waals surface area contributed by atoms with E-state index in [9.17, 15) is 13.2 Å². The first-order valence-electron chi connectivity index (χ1n) is 8.68. The van der Waals surface area contributed by atoms with Gasteiger partial charge in [-0.1, -0.05) is 17.3 Å². The van der Waals surface area contributed by atoms with Crippen LogP contribution in [0.15, 0.2) is 53.3 Å². The van der Waals surface area contributed by atoms with E-state index >= 15 is 0 Å². The zero-order valence-electron chi connectivity index (χ0n) is 15.6. The minimum Gasteiger partial charge on any atom is -0.471 e. The molecule has 3 heterocycles. The lowest BCUT2D eigenvalue weighted by molar-refractivity contribution is -0.137. The van der Waals surface area contributed by atoms with Crippen LogP contribution in [0.2, 0.25) is 0 Å². The predicted molar refractivity (Wildman–Crippen MR) is 99.9 cm³/mol. The van der Waals surface area contributed by atoms with Crippen LogP contribution >= 0.6 is 0 Å². The Hall–Kier alpha value is -3.89. The Kier molecular flexibility index (Phi) is 4.86. The molecule has 0 aliphatic heterocycles. The van der Waals surface area contributed by atoms with Gasteiger partial charge in [0.15, 0.2) is 0 Å². The van der Waals surface area contributed by atoms with Gasteiger partial charge in [-0.05, 0) is 18.2 Å². The molecular weight excluding hydrogens is 401 g/mol. The van der Waals surface area contributed by atoms with Gasteiger partial charge in [0.25, 0.3) is 5.89 Å². The van der Waals surface area contributed by atoms with Crippen LogP contribution < -0.4 is 10.5 Å². The van der Waals surface area contributed by atoms with Crippen molar-refractivity contribution in [3.05, 3.63) is 60.0 Å². The first kappa shape index (κ1) is 19.4. The third kappa shape index (κ3) is 3.95. The van der Waals surface area contributed by atoms with Crippen molar-refractivity contribution < 1.29 is 22.4 Å². The molecule has 4 rings (SSSR count). The standard InChI is InChI=1S/C19H15F3N6O2/c1-28-15(10-29-16-6-5-12(8-24-16)19(20,21)22)14(9-25-28)18-26-17(27-30-18)11-3-2-4-13(23)7-11/h2-9H,10,23H2,1H3. The summed E-state index contributed by atoms with van der Waals surface area (Å²) in [6, 6.07) is 9.11. The van der Waals surface area contributed by atoms with Crippen LogP contribution in [0, 0.1) is 0 Å². The van der Waals surface area contributed by atoms with Gasteiger partial charge in [0.05, 0.1) is 23.0 Å². The van der Waals surface area contributed by atoms with Crippen molar-refractivity contribution in [1.29, 1.82) is 0 Å². The normalized spacial score (nSPS) is 11.6. The molecule has 0 atom stereocenters. The number of nitrogens with zero attached hydrogens (tertiary/aromatic N) is 5. The largest absolute Gasteiger partial charge is 0.471 e. The van der Waals surface area contributed by atoms with Crippen LogP contribution in [0.3, 0.4) is 0 Å². The molecule has 0 aliphatic rings. The number of hydrogen-bond acceptors (Lipinski definition) is 7. The van der Waals surface area contributed by atoms with Gasteiger partial charge in [0, 0.05) is 30.6 Å². The number of benzene rings is 1. The molecule has 0 fully saturated rings. The molecule has 0 saturated carbocycles. The minimum atomic E-state index is -4.46. The van der Waals surface area contributed by atoms with E-state index in [2.05, 4.69) is 20.2 Å². The molecule has 0 bridgehead atoms. The van der Waals surface area contributed by atoms with E-state index in [1.54, 1.807) is 36.0 Å². The van der Waals surface area contributed by atoms with E-state index in [0.717, 1.165) is 18.3 Å². The van der Waals surface area contributed by atoms with Gasteiger partial charge in [-0.3, -0.25) is 4.68 Å². The number of hydrogen-bond donors (Lipinski definition) is 1. The first-order valence-corrected chi connectivity index (χ1v) is 8.68. The maximum atomic E-state index is 12.6. The van der Waals surface area contributed by atoms with Crippen molar-refractivity contribution in [3.8, 4) is 28.7 Å². The Bertz CT molecular complexity index is 1170. The molecule has 0 unspecified atom stereocenters. The van der Waals surface area contributed by atoms with Crippen LogP contribution in [0.25, 0.3) is 22.8 Å². The number of aromatic nitrogens is 5. The van der Waals surface area contributed by atoms with Crippen molar-refractivity contribution in [1.82, 2.24) is 24.9 Å². The van der Waals surface area contributed by atoms with E-state index in [0.29, 0.717) is 28.3 Å². The van der Waals surface area contributed by atoms with Gasteiger partial charge in [-0.25, -0.2) is 4.98 Å². The molecule has 11 heteroatoms. The summed E-state index contributed by atoms with van der Waals surface area (Å²) in [4.78, 5) is 8.07. The zero-order valence-corrected chi connectivity index (χ0v) is 15.6. The zero-order chi connectivity index (χ0) is 21.3. The average molecular weight is 416 g/mol. The number of alkyl halides is 3. The fourth-order valence-corrected chi connectivity index (χ4v) is 2.72. The van der Waals surface area contributed by atoms with Crippen LogP contribution in [0.4, 0.5) is 18.9 Å². The summed E-state index contributed by atoms with van der Waals surface area (Å²) in [6.07, 6.45) is -2.20. The summed E-state index contributed by atoms with van der Waals surface area (Å²) in [5.41, 5.74) is 7.31. The van der Waals surface area contributed by atoms with Crippen molar-refractivity contribution >= 4 is 5.69 Å². The number of nitrogens with two attached hydrogens (primary N) is 1.